The monoisotopic (exact) mass is 244 g/mol. The number of carbonyl (C=O) groups excluding carboxylic acids is 1. The van der Waals surface area contributed by atoms with Crippen LogP contribution in [-0.4, -0.2) is 5.78 Å². The van der Waals surface area contributed by atoms with Gasteiger partial charge in [0.25, 0.3) is 0 Å². The second kappa shape index (κ2) is 4.21. The van der Waals surface area contributed by atoms with Gasteiger partial charge in [0.2, 0.25) is 0 Å². The molecule has 0 aromatic rings. The maximum atomic E-state index is 12.0. The molecule has 1 heteroatoms. The topological polar surface area (TPSA) is 17.1 Å². The molecule has 0 saturated heterocycles. The molecule has 5 unspecified atom stereocenters. The molecule has 0 heterocycles. The SMILES string of the molecule is O=C1CCC2C1CCC1C3CCCCC3=CCC21. The number of fused-ring (bicyclic) bond motifs is 5. The van der Waals surface area contributed by atoms with Crippen molar-refractivity contribution >= 4 is 5.78 Å². The highest BCUT2D eigenvalue weighted by Crippen LogP contribution is 2.55. The zero-order chi connectivity index (χ0) is 12.1. The van der Waals surface area contributed by atoms with Crippen molar-refractivity contribution in [2.24, 2.45) is 29.6 Å². The van der Waals surface area contributed by atoms with Crippen LogP contribution in [0, 0.1) is 29.6 Å². The summed E-state index contributed by atoms with van der Waals surface area (Å²) in [5.74, 6) is 4.53. The van der Waals surface area contributed by atoms with Crippen LogP contribution in [0.1, 0.15) is 57.8 Å². The van der Waals surface area contributed by atoms with Crippen molar-refractivity contribution in [3.05, 3.63) is 11.6 Å². The van der Waals surface area contributed by atoms with Crippen molar-refractivity contribution in [2.45, 2.75) is 57.8 Å². The Morgan fingerprint density at radius 1 is 0.833 bits per heavy atom. The lowest BCUT2D eigenvalue weighted by atomic mass is 9.57. The zero-order valence-corrected chi connectivity index (χ0v) is 11.2. The van der Waals surface area contributed by atoms with Crippen LogP contribution in [0.2, 0.25) is 0 Å². The molecule has 4 aliphatic rings. The lowest BCUT2D eigenvalue weighted by Gasteiger charge is -2.48. The summed E-state index contributed by atoms with van der Waals surface area (Å²) in [4.78, 5) is 12.0. The van der Waals surface area contributed by atoms with Crippen molar-refractivity contribution in [1.82, 2.24) is 0 Å². The first-order chi connectivity index (χ1) is 8.84. The maximum Gasteiger partial charge on any atom is 0.136 e. The Bertz CT molecular complexity index is 394. The summed E-state index contributed by atoms with van der Waals surface area (Å²) in [6.45, 7) is 0. The van der Waals surface area contributed by atoms with Gasteiger partial charge in [0.05, 0.1) is 0 Å². The molecule has 0 radical (unpaired) electrons. The number of allylic oxidation sites excluding steroid dienone is 2. The van der Waals surface area contributed by atoms with Gasteiger partial charge in [-0.2, -0.15) is 0 Å². The summed E-state index contributed by atoms with van der Waals surface area (Å²) < 4.78 is 0. The van der Waals surface area contributed by atoms with Crippen molar-refractivity contribution in [1.29, 1.82) is 0 Å². The first-order valence-electron chi connectivity index (χ1n) is 8.06. The van der Waals surface area contributed by atoms with Crippen molar-refractivity contribution in [3.63, 3.8) is 0 Å². The van der Waals surface area contributed by atoms with E-state index in [4.69, 9.17) is 0 Å². The van der Waals surface area contributed by atoms with Gasteiger partial charge in [0.1, 0.15) is 5.78 Å². The second-order valence-corrected chi connectivity index (χ2v) is 7.05. The largest absolute Gasteiger partial charge is 0.299 e. The minimum absolute atomic E-state index is 0.463. The summed E-state index contributed by atoms with van der Waals surface area (Å²) in [5, 5.41) is 0. The van der Waals surface area contributed by atoms with Crippen molar-refractivity contribution in [3.8, 4) is 0 Å². The Labute approximate surface area is 110 Å². The first-order valence-corrected chi connectivity index (χ1v) is 8.06. The normalized spacial score (nSPS) is 47.0. The standard InChI is InChI=1S/C17H24O/c18-17-10-9-15-14-6-5-11-3-1-2-4-12(11)13(14)7-8-16(15)17/h5,12-16H,1-4,6-10H2. The highest BCUT2D eigenvalue weighted by atomic mass is 16.1. The molecule has 98 valence electrons. The lowest BCUT2D eigenvalue weighted by molar-refractivity contribution is -0.123. The van der Waals surface area contributed by atoms with Crippen LogP contribution in [-0.2, 0) is 4.79 Å². The molecule has 0 aromatic carbocycles. The number of rotatable bonds is 0. The van der Waals surface area contributed by atoms with E-state index in [-0.39, 0.29) is 0 Å². The van der Waals surface area contributed by atoms with Gasteiger partial charge in [-0.3, -0.25) is 4.79 Å². The van der Waals surface area contributed by atoms with Crippen LogP contribution >= 0.6 is 0 Å². The number of Topliss-reactive ketones (excluding diaryl/α,β-unsaturated/α-hetero) is 1. The van der Waals surface area contributed by atoms with Gasteiger partial charge in [0.15, 0.2) is 0 Å². The van der Waals surface area contributed by atoms with Crippen LogP contribution in [0.5, 0.6) is 0 Å². The molecule has 18 heavy (non-hydrogen) atoms. The smallest absolute Gasteiger partial charge is 0.136 e. The molecular formula is C17H24O. The minimum atomic E-state index is 0.463. The third-order valence-corrected chi connectivity index (χ3v) is 6.44. The van der Waals surface area contributed by atoms with Gasteiger partial charge in [-0.25, -0.2) is 0 Å². The summed E-state index contributed by atoms with van der Waals surface area (Å²) in [7, 11) is 0. The lowest BCUT2D eigenvalue weighted by Crippen LogP contribution is -2.40. The van der Waals surface area contributed by atoms with E-state index in [0.717, 1.165) is 30.1 Å². The summed E-state index contributed by atoms with van der Waals surface area (Å²) in [6, 6.07) is 0. The molecule has 3 fully saturated rings. The predicted octanol–water partition coefficient (Wildman–Crippen LogP) is 4.13. The third-order valence-electron chi connectivity index (χ3n) is 6.44. The molecule has 0 amide bonds. The molecule has 0 aliphatic heterocycles. The van der Waals surface area contributed by atoms with E-state index in [1.54, 1.807) is 5.57 Å². The van der Waals surface area contributed by atoms with E-state index in [0.29, 0.717) is 11.7 Å². The number of hydrogen-bond acceptors (Lipinski definition) is 1. The zero-order valence-electron chi connectivity index (χ0n) is 11.2. The van der Waals surface area contributed by atoms with Gasteiger partial charge < -0.3 is 0 Å². The summed E-state index contributed by atoms with van der Waals surface area (Å²) in [5.41, 5.74) is 1.80. The molecule has 5 atom stereocenters. The molecule has 4 aliphatic carbocycles. The van der Waals surface area contributed by atoms with Crippen molar-refractivity contribution < 1.29 is 4.79 Å². The number of carbonyl (C=O) groups is 1. The number of hydrogen-bond donors (Lipinski definition) is 0. The Balaban J connectivity index is 1.62. The molecule has 1 nitrogen and oxygen atoms in total. The van der Waals surface area contributed by atoms with E-state index in [2.05, 4.69) is 6.08 Å². The van der Waals surface area contributed by atoms with E-state index in [1.165, 1.54) is 51.4 Å². The predicted molar refractivity (Wildman–Crippen MR) is 72.1 cm³/mol. The van der Waals surface area contributed by atoms with E-state index in [9.17, 15) is 4.79 Å². The Hall–Kier alpha value is -0.590. The van der Waals surface area contributed by atoms with Gasteiger partial charge in [-0.15, -0.1) is 0 Å². The minimum Gasteiger partial charge on any atom is -0.299 e. The fourth-order valence-corrected chi connectivity index (χ4v) is 5.67. The first kappa shape index (κ1) is 11.3. The van der Waals surface area contributed by atoms with Crippen LogP contribution in [0.25, 0.3) is 0 Å². The average Bonchev–Trinajstić information content (AvgIpc) is 2.80. The molecule has 4 rings (SSSR count). The molecule has 3 saturated carbocycles. The average molecular weight is 244 g/mol. The Morgan fingerprint density at radius 3 is 2.67 bits per heavy atom. The van der Waals surface area contributed by atoms with E-state index < -0.39 is 0 Å². The molecule has 0 spiro atoms. The second-order valence-electron chi connectivity index (χ2n) is 7.05. The fourth-order valence-electron chi connectivity index (χ4n) is 5.67. The van der Waals surface area contributed by atoms with Crippen LogP contribution in [0.3, 0.4) is 0 Å². The Morgan fingerprint density at radius 2 is 1.72 bits per heavy atom. The number of ketones is 1. The van der Waals surface area contributed by atoms with E-state index >= 15 is 0 Å². The van der Waals surface area contributed by atoms with Gasteiger partial charge in [-0.1, -0.05) is 18.1 Å². The molecule has 0 aromatic heterocycles. The molecule has 0 N–H and O–H groups in total. The third kappa shape index (κ3) is 1.55. The summed E-state index contributed by atoms with van der Waals surface area (Å²) in [6.07, 6.45) is 14.2. The highest BCUT2D eigenvalue weighted by molar-refractivity contribution is 5.83. The van der Waals surface area contributed by atoms with Gasteiger partial charge >= 0.3 is 0 Å². The molecular weight excluding hydrogens is 220 g/mol. The van der Waals surface area contributed by atoms with Crippen LogP contribution in [0.15, 0.2) is 11.6 Å². The van der Waals surface area contributed by atoms with Crippen LogP contribution < -0.4 is 0 Å². The Kier molecular flexibility index (Phi) is 2.63. The highest BCUT2D eigenvalue weighted by Gasteiger charge is 2.48. The summed E-state index contributed by atoms with van der Waals surface area (Å²) >= 11 is 0. The van der Waals surface area contributed by atoms with E-state index in [1.807, 2.05) is 0 Å². The van der Waals surface area contributed by atoms with Gasteiger partial charge in [-0.05, 0) is 68.6 Å². The van der Waals surface area contributed by atoms with Gasteiger partial charge in [0, 0.05) is 12.3 Å². The quantitative estimate of drug-likeness (QED) is 0.586. The maximum absolute atomic E-state index is 12.0. The van der Waals surface area contributed by atoms with Crippen LogP contribution in [0.4, 0.5) is 0 Å². The van der Waals surface area contributed by atoms with Crippen molar-refractivity contribution in [2.75, 3.05) is 0 Å². The fraction of sp³-hybridized carbons (Fsp3) is 0.824. The molecule has 0 bridgehead atoms.